The maximum atomic E-state index is 11.6. The molecule has 1 saturated heterocycles. The number of hydrogen-bond acceptors (Lipinski definition) is 3. The van der Waals surface area contributed by atoms with Gasteiger partial charge in [-0.05, 0) is 37.1 Å². The molecule has 0 saturated carbocycles. The van der Waals surface area contributed by atoms with Gasteiger partial charge in [-0.15, -0.1) is 0 Å². The third-order valence-electron chi connectivity index (χ3n) is 5.09. The van der Waals surface area contributed by atoms with E-state index in [0.29, 0.717) is 0 Å². The van der Waals surface area contributed by atoms with Gasteiger partial charge in [-0.3, -0.25) is 4.90 Å². The van der Waals surface area contributed by atoms with Gasteiger partial charge in [-0.1, -0.05) is 66.7 Å². The normalized spacial score (nSPS) is 17.5. The van der Waals surface area contributed by atoms with Crippen LogP contribution in [0.4, 0.5) is 0 Å². The summed E-state index contributed by atoms with van der Waals surface area (Å²) in [5.41, 5.74) is 2.53. The number of likely N-dealkylation sites (tertiary alicyclic amines) is 1. The Balaban J connectivity index is 1.74. The lowest BCUT2D eigenvalue weighted by Gasteiger charge is -2.40. The monoisotopic (exact) mass is 335 g/mol. The van der Waals surface area contributed by atoms with Crippen LogP contribution >= 0.6 is 0 Å². The Labute approximate surface area is 149 Å². The van der Waals surface area contributed by atoms with Crippen molar-refractivity contribution in [2.24, 2.45) is 0 Å². The standard InChI is InChI=1S/C22H25NO2/c1-25-21(24)12-13-22(20-10-6-3-7-11-20)14-16-23(17-15-22)18-19-8-4-2-5-9-19/h2-13H,14-18H2,1H3/b13-12+. The second-order valence-corrected chi connectivity index (χ2v) is 6.64. The summed E-state index contributed by atoms with van der Waals surface area (Å²) in [6, 6.07) is 21.1. The minimum absolute atomic E-state index is 0.0946. The molecule has 25 heavy (non-hydrogen) atoms. The summed E-state index contributed by atoms with van der Waals surface area (Å²) in [4.78, 5) is 14.1. The van der Waals surface area contributed by atoms with Crippen LogP contribution < -0.4 is 0 Å². The smallest absolute Gasteiger partial charge is 0.330 e. The average molecular weight is 335 g/mol. The lowest BCUT2D eigenvalue weighted by Crippen LogP contribution is -2.41. The van der Waals surface area contributed by atoms with Gasteiger partial charge >= 0.3 is 5.97 Å². The van der Waals surface area contributed by atoms with Crippen molar-refractivity contribution in [3.63, 3.8) is 0 Å². The number of benzene rings is 2. The van der Waals surface area contributed by atoms with Gasteiger partial charge in [0.05, 0.1) is 7.11 Å². The van der Waals surface area contributed by atoms with Gasteiger partial charge in [0.25, 0.3) is 0 Å². The van der Waals surface area contributed by atoms with E-state index in [9.17, 15) is 4.79 Å². The van der Waals surface area contributed by atoms with Gasteiger partial charge in [-0.2, -0.15) is 0 Å². The number of nitrogens with zero attached hydrogens (tertiary/aromatic N) is 1. The van der Waals surface area contributed by atoms with E-state index in [-0.39, 0.29) is 11.4 Å². The van der Waals surface area contributed by atoms with E-state index < -0.39 is 0 Å². The number of esters is 1. The highest BCUT2D eigenvalue weighted by Gasteiger charge is 2.34. The first-order valence-corrected chi connectivity index (χ1v) is 8.81. The first kappa shape index (κ1) is 17.4. The molecule has 3 heteroatoms. The molecule has 0 spiro atoms. The third-order valence-corrected chi connectivity index (χ3v) is 5.09. The molecule has 0 aromatic heterocycles. The summed E-state index contributed by atoms with van der Waals surface area (Å²) < 4.78 is 4.79. The quantitative estimate of drug-likeness (QED) is 0.612. The summed E-state index contributed by atoms with van der Waals surface area (Å²) in [5, 5.41) is 0. The number of rotatable bonds is 5. The Bertz CT molecular complexity index is 701. The second-order valence-electron chi connectivity index (χ2n) is 6.64. The molecule has 1 fully saturated rings. The highest BCUT2D eigenvalue weighted by molar-refractivity contribution is 5.82. The van der Waals surface area contributed by atoms with Crippen molar-refractivity contribution in [1.82, 2.24) is 4.90 Å². The first-order chi connectivity index (χ1) is 12.2. The Morgan fingerprint density at radius 2 is 1.64 bits per heavy atom. The van der Waals surface area contributed by atoms with Gasteiger partial charge in [0.2, 0.25) is 0 Å². The number of hydrogen-bond donors (Lipinski definition) is 0. The maximum absolute atomic E-state index is 11.6. The zero-order valence-electron chi connectivity index (χ0n) is 14.7. The molecule has 0 bridgehead atoms. The minimum Gasteiger partial charge on any atom is -0.466 e. The van der Waals surface area contributed by atoms with Crippen LogP contribution in [0.25, 0.3) is 0 Å². The molecule has 1 heterocycles. The predicted molar refractivity (Wildman–Crippen MR) is 100 cm³/mol. The van der Waals surface area contributed by atoms with E-state index in [1.54, 1.807) is 6.08 Å². The number of carbonyl (C=O) groups excluding carboxylic acids is 1. The fourth-order valence-corrected chi connectivity index (χ4v) is 3.57. The Morgan fingerprint density at radius 3 is 2.24 bits per heavy atom. The molecule has 0 unspecified atom stereocenters. The summed E-state index contributed by atoms with van der Waals surface area (Å²) in [6.07, 6.45) is 5.63. The number of methoxy groups -OCH3 is 1. The van der Waals surface area contributed by atoms with E-state index in [1.807, 2.05) is 12.1 Å². The van der Waals surface area contributed by atoms with Crippen molar-refractivity contribution in [3.8, 4) is 0 Å². The second kappa shape index (κ2) is 8.13. The molecule has 3 nitrogen and oxygen atoms in total. The lowest BCUT2D eigenvalue weighted by atomic mass is 9.72. The van der Waals surface area contributed by atoms with Crippen molar-refractivity contribution in [1.29, 1.82) is 0 Å². The Kier molecular flexibility index (Phi) is 5.67. The molecule has 3 rings (SSSR count). The molecule has 2 aromatic rings. The largest absolute Gasteiger partial charge is 0.466 e. The molecule has 0 atom stereocenters. The van der Waals surface area contributed by atoms with Gasteiger partial charge in [0.1, 0.15) is 0 Å². The van der Waals surface area contributed by atoms with E-state index in [2.05, 4.69) is 59.5 Å². The van der Waals surface area contributed by atoms with Crippen LogP contribution in [0.2, 0.25) is 0 Å². The van der Waals surface area contributed by atoms with Crippen molar-refractivity contribution < 1.29 is 9.53 Å². The Morgan fingerprint density at radius 1 is 1.04 bits per heavy atom. The number of ether oxygens (including phenoxy) is 1. The highest BCUT2D eigenvalue weighted by Crippen LogP contribution is 2.37. The summed E-state index contributed by atoms with van der Waals surface area (Å²) in [6.45, 7) is 3.00. The first-order valence-electron chi connectivity index (χ1n) is 8.81. The van der Waals surface area contributed by atoms with E-state index in [4.69, 9.17) is 4.74 Å². The van der Waals surface area contributed by atoms with Crippen LogP contribution in [0.1, 0.15) is 24.0 Å². The fourth-order valence-electron chi connectivity index (χ4n) is 3.57. The van der Waals surface area contributed by atoms with Gasteiger partial charge in [-0.25, -0.2) is 4.79 Å². The fraction of sp³-hybridized carbons (Fsp3) is 0.318. The van der Waals surface area contributed by atoms with Crippen molar-refractivity contribution in [2.45, 2.75) is 24.8 Å². The van der Waals surface area contributed by atoms with Crippen LogP contribution in [-0.4, -0.2) is 31.1 Å². The molecule has 2 aromatic carbocycles. The summed E-state index contributed by atoms with van der Waals surface area (Å²) in [5.74, 6) is -0.290. The van der Waals surface area contributed by atoms with E-state index in [0.717, 1.165) is 32.5 Å². The Hall–Kier alpha value is -2.39. The van der Waals surface area contributed by atoms with Crippen LogP contribution in [0.15, 0.2) is 72.8 Å². The minimum atomic E-state index is -0.290. The molecule has 0 radical (unpaired) electrons. The molecule has 0 N–H and O–H groups in total. The van der Waals surface area contributed by atoms with Gasteiger partial charge in [0, 0.05) is 18.0 Å². The highest BCUT2D eigenvalue weighted by atomic mass is 16.5. The molecular weight excluding hydrogens is 310 g/mol. The van der Waals surface area contributed by atoms with Crippen LogP contribution in [0, 0.1) is 0 Å². The number of allylic oxidation sites excluding steroid dienone is 1. The number of piperidine rings is 1. The zero-order valence-corrected chi connectivity index (χ0v) is 14.7. The van der Waals surface area contributed by atoms with E-state index in [1.165, 1.54) is 18.2 Å². The zero-order chi connectivity index (χ0) is 17.5. The molecular formula is C22H25NO2. The predicted octanol–water partition coefficient (Wildman–Crippen LogP) is 3.95. The van der Waals surface area contributed by atoms with Crippen LogP contribution in [0.3, 0.4) is 0 Å². The molecule has 130 valence electrons. The molecule has 0 amide bonds. The van der Waals surface area contributed by atoms with E-state index >= 15 is 0 Å². The van der Waals surface area contributed by atoms with Crippen molar-refractivity contribution >= 4 is 5.97 Å². The van der Waals surface area contributed by atoms with Crippen LogP contribution in [-0.2, 0) is 21.5 Å². The third kappa shape index (κ3) is 4.37. The van der Waals surface area contributed by atoms with Gasteiger partial charge in [0.15, 0.2) is 0 Å². The topological polar surface area (TPSA) is 29.5 Å². The maximum Gasteiger partial charge on any atom is 0.330 e. The van der Waals surface area contributed by atoms with Crippen LogP contribution in [0.5, 0.6) is 0 Å². The number of carbonyl (C=O) groups is 1. The van der Waals surface area contributed by atoms with Crippen molar-refractivity contribution in [3.05, 3.63) is 83.9 Å². The summed E-state index contributed by atoms with van der Waals surface area (Å²) >= 11 is 0. The average Bonchev–Trinajstić information content (AvgIpc) is 2.69. The lowest BCUT2D eigenvalue weighted by molar-refractivity contribution is -0.134. The molecule has 1 aliphatic rings. The molecule has 0 aliphatic carbocycles. The van der Waals surface area contributed by atoms with Gasteiger partial charge < -0.3 is 4.74 Å². The SMILES string of the molecule is COC(=O)/C=C/C1(c2ccccc2)CCN(Cc2ccccc2)CC1. The van der Waals surface area contributed by atoms with Crippen molar-refractivity contribution in [2.75, 3.05) is 20.2 Å². The molecule has 1 aliphatic heterocycles. The summed E-state index contributed by atoms with van der Waals surface area (Å²) in [7, 11) is 1.42.